The Morgan fingerprint density at radius 2 is 1.96 bits per heavy atom. The lowest BCUT2D eigenvalue weighted by Crippen LogP contribution is -2.23. The molecule has 0 bridgehead atoms. The van der Waals surface area contributed by atoms with E-state index in [2.05, 4.69) is 21.4 Å². The van der Waals surface area contributed by atoms with Crippen molar-refractivity contribution in [2.24, 2.45) is 10.7 Å². The Morgan fingerprint density at radius 1 is 1.16 bits per heavy atom. The monoisotopic (exact) mass is 342 g/mol. The smallest absolute Gasteiger partial charge is 0.193 e. The van der Waals surface area contributed by atoms with Crippen molar-refractivity contribution in [2.75, 3.05) is 25.1 Å². The molecule has 0 spiro atoms. The fraction of sp³-hybridized carbons (Fsp3) is 0.368. The molecular weight excluding hydrogens is 316 g/mol. The number of aromatic nitrogens is 1. The van der Waals surface area contributed by atoms with Gasteiger partial charge in [-0.25, -0.2) is 0 Å². The number of benzene rings is 1. The molecule has 3 N–H and O–H groups in total. The Bertz CT molecular complexity index is 699. The van der Waals surface area contributed by atoms with Crippen LogP contribution in [0.15, 0.2) is 41.5 Å². The number of aryl methyl sites for hydroxylation is 1. The highest BCUT2D eigenvalue weighted by Crippen LogP contribution is 2.29. The molecule has 0 unspecified atom stereocenters. The lowest BCUT2D eigenvalue weighted by molar-refractivity contribution is 0.332. The molecular formula is C19H26N4O2. The lowest BCUT2D eigenvalue weighted by Gasteiger charge is -2.14. The first kappa shape index (κ1) is 18.6. The molecule has 0 radical (unpaired) electrons. The van der Waals surface area contributed by atoms with Crippen LogP contribution < -0.4 is 20.5 Å². The number of guanidine groups is 1. The first-order valence-corrected chi connectivity index (χ1v) is 8.50. The number of pyridine rings is 1. The van der Waals surface area contributed by atoms with E-state index < -0.39 is 0 Å². The van der Waals surface area contributed by atoms with Crippen molar-refractivity contribution in [3.63, 3.8) is 0 Å². The lowest BCUT2D eigenvalue weighted by atomic mass is 10.2. The predicted molar refractivity (Wildman–Crippen MR) is 102 cm³/mol. The Morgan fingerprint density at radius 3 is 2.64 bits per heavy atom. The van der Waals surface area contributed by atoms with Crippen molar-refractivity contribution < 1.29 is 9.47 Å². The summed E-state index contributed by atoms with van der Waals surface area (Å²) in [5.74, 6) is 1.81. The summed E-state index contributed by atoms with van der Waals surface area (Å²) in [5.41, 5.74) is 8.89. The minimum Gasteiger partial charge on any atom is -0.494 e. The first-order valence-electron chi connectivity index (χ1n) is 8.50. The van der Waals surface area contributed by atoms with Crippen LogP contribution in [0.4, 0.5) is 5.69 Å². The van der Waals surface area contributed by atoms with E-state index in [4.69, 9.17) is 15.2 Å². The summed E-state index contributed by atoms with van der Waals surface area (Å²) in [7, 11) is 0. The largest absolute Gasteiger partial charge is 0.494 e. The summed E-state index contributed by atoms with van der Waals surface area (Å²) < 4.78 is 11.1. The molecule has 1 aromatic carbocycles. The van der Waals surface area contributed by atoms with Gasteiger partial charge in [0.25, 0.3) is 0 Å². The molecule has 0 saturated carbocycles. The van der Waals surface area contributed by atoms with Gasteiger partial charge in [-0.3, -0.25) is 9.98 Å². The molecule has 0 aliphatic heterocycles. The fourth-order valence-corrected chi connectivity index (χ4v) is 2.27. The molecule has 0 fully saturated rings. The Kier molecular flexibility index (Phi) is 7.07. The topological polar surface area (TPSA) is 81.8 Å². The van der Waals surface area contributed by atoms with Crippen molar-refractivity contribution >= 4 is 11.6 Å². The Balaban J connectivity index is 2.00. The highest BCUT2D eigenvalue weighted by molar-refractivity contribution is 5.94. The normalized spacial score (nSPS) is 11.2. The molecule has 2 rings (SSSR count). The molecule has 0 saturated heterocycles. The average molecular weight is 342 g/mol. The molecule has 0 aliphatic rings. The van der Waals surface area contributed by atoms with Crippen LogP contribution in [0.2, 0.25) is 0 Å². The second-order valence-electron chi connectivity index (χ2n) is 5.47. The standard InChI is InChI=1S/C19H26N4O2/c1-4-24-16-8-9-18(25-5-2)17(12-16)23-19(20)21-11-10-15-7-6-14(3)22-13-15/h6-9,12-13H,4-5,10-11H2,1-3H3,(H3,20,21,23). The Hall–Kier alpha value is -2.76. The molecule has 0 aliphatic carbocycles. The van der Waals surface area contributed by atoms with E-state index in [0.717, 1.165) is 29.1 Å². The van der Waals surface area contributed by atoms with Gasteiger partial charge in [-0.05, 0) is 51.0 Å². The van der Waals surface area contributed by atoms with Crippen LogP contribution in [0.25, 0.3) is 0 Å². The SMILES string of the molecule is CCOc1ccc(OCC)c(NC(N)=NCCc2ccc(C)nc2)c1. The minimum absolute atomic E-state index is 0.342. The van der Waals surface area contributed by atoms with Crippen LogP contribution in [0, 0.1) is 6.92 Å². The summed E-state index contributed by atoms with van der Waals surface area (Å²) in [5, 5.41) is 3.10. The zero-order valence-electron chi connectivity index (χ0n) is 15.1. The maximum absolute atomic E-state index is 6.01. The molecule has 134 valence electrons. The van der Waals surface area contributed by atoms with Gasteiger partial charge >= 0.3 is 0 Å². The number of aliphatic imine (C=N–C) groups is 1. The minimum atomic E-state index is 0.342. The van der Waals surface area contributed by atoms with E-state index in [1.165, 1.54) is 0 Å². The zero-order valence-corrected chi connectivity index (χ0v) is 15.1. The van der Waals surface area contributed by atoms with Crippen molar-refractivity contribution in [2.45, 2.75) is 27.2 Å². The number of hydrogen-bond donors (Lipinski definition) is 2. The van der Waals surface area contributed by atoms with Crippen LogP contribution in [0.3, 0.4) is 0 Å². The molecule has 0 amide bonds. The first-order chi connectivity index (χ1) is 12.1. The number of nitrogens with one attached hydrogen (secondary N) is 1. The summed E-state index contributed by atoms with van der Waals surface area (Å²) in [6.07, 6.45) is 2.65. The van der Waals surface area contributed by atoms with Crippen molar-refractivity contribution in [1.82, 2.24) is 4.98 Å². The maximum Gasteiger partial charge on any atom is 0.193 e. The summed E-state index contributed by atoms with van der Waals surface area (Å²) in [6, 6.07) is 9.65. The van der Waals surface area contributed by atoms with Crippen LogP contribution >= 0.6 is 0 Å². The van der Waals surface area contributed by atoms with E-state index in [1.54, 1.807) is 0 Å². The predicted octanol–water partition coefficient (Wildman–Crippen LogP) is 3.16. The van der Waals surface area contributed by atoms with Gasteiger partial charge in [0.05, 0.1) is 18.9 Å². The van der Waals surface area contributed by atoms with E-state index >= 15 is 0 Å². The van der Waals surface area contributed by atoms with Crippen LogP contribution in [0.1, 0.15) is 25.1 Å². The van der Waals surface area contributed by atoms with Gasteiger partial charge in [0, 0.05) is 24.5 Å². The molecule has 6 nitrogen and oxygen atoms in total. The Labute approximate surface area is 149 Å². The van der Waals surface area contributed by atoms with E-state index in [-0.39, 0.29) is 0 Å². The average Bonchev–Trinajstić information content (AvgIpc) is 2.59. The van der Waals surface area contributed by atoms with Gasteiger partial charge in [-0.1, -0.05) is 6.07 Å². The quantitative estimate of drug-likeness (QED) is 0.569. The maximum atomic E-state index is 6.01. The van der Waals surface area contributed by atoms with Crippen molar-refractivity contribution in [3.8, 4) is 11.5 Å². The highest BCUT2D eigenvalue weighted by Gasteiger charge is 2.07. The number of nitrogens with two attached hydrogens (primary N) is 1. The van der Waals surface area contributed by atoms with Gasteiger partial charge in [-0.15, -0.1) is 0 Å². The van der Waals surface area contributed by atoms with Gasteiger partial charge in [0.15, 0.2) is 5.96 Å². The van der Waals surface area contributed by atoms with Gasteiger partial charge in [0.2, 0.25) is 0 Å². The fourth-order valence-electron chi connectivity index (χ4n) is 2.27. The van der Waals surface area contributed by atoms with Gasteiger partial charge in [-0.2, -0.15) is 0 Å². The number of rotatable bonds is 8. The number of nitrogens with zero attached hydrogens (tertiary/aromatic N) is 2. The van der Waals surface area contributed by atoms with Crippen LogP contribution in [0.5, 0.6) is 11.5 Å². The third-order valence-corrected chi connectivity index (χ3v) is 3.48. The third kappa shape index (κ3) is 5.99. The molecule has 1 heterocycles. The second-order valence-corrected chi connectivity index (χ2v) is 5.47. The molecule has 1 aromatic heterocycles. The molecule has 25 heavy (non-hydrogen) atoms. The zero-order chi connectivity index (χ0) is 18.1. The summed E-state index contributed by atoms with van der Waals surface area (Å²) >= 11 is 0. The molecule has 6 heteroatoms. The molecule has 2 aromatic rings. The van der Waals surface area contributed by atoms with E-state index in [9.17, 15) is 0 Å². The van der Waals surface area contributed by atoms with Gasteiger partial charge < -0.3 is 20.5 Å². The third-order valence-electron chi connectivity index (χ3n) is 3.48. The summed E-state index contributed by atoms with van der Waals surface area (Å²) in [4.78, 5) is 8.65. The second kappa shape index (κ2) is 9.52. The van der Waals surface area contributed by atoms with Crippen LogP contribution in [-0.2, 0) is 6.42 Å². The van der Waals surface area contributed by atoms with E-state index in [1.807, 2.05) is 51.2 Å². The number of ether oxygens (including phenoxy) is 2. The van der Waals surface area contributed by atoms with Crippen LogP contribution in [-0.4, -0.2) is 30.7 Å². The van der Waals surface area contributed by atoms with Crippen molar-refractivity contribution in [3.05, 3.63) is 47.8 Å². The highest BCUT2D eigenvalue weighted by atomic mass is 16.5. The summed E-state index contributed by atoms with van der Waals surface area (Å²) in [6.45, 7) is 7.60. The number of anilines is 1. The molecule has 0 atom stereocenters. The van der Waals surface area contributed by atoms with Gasteiger partial charge in [0.1, 0.15) is 11.5 Å². The van der Waals surface area contributed by atoms with E-state index in [0.29, 0.717) is 31.5 Å². The number of hydrogen-bond acceptors (Lipinski definition) is 4. The van der Waals surface area contributed by atoms with Crippen molar-refractivity contribution in [1.29, 1.82) is 0 Å².